The topological polar surface area (TPSA) is 143 Å². The fraction of sp³-hybridized carbons (Fsp3) is 0.370. The first kappa shape index (κ1) is 47.8. The molecule has 320 valence electrons. The molecule has 1 heterocycles. The number of esters is 4. The Hall–Kier alpha value is -4.92. The summed E-state index contributed by atoms with van der Waals surface area (Å²) in [5.74, 6) is -2.57. The Bertz CT molecular complexity index is 2130. The summed E-state index contributed by atoms with van der Waals surface area (Å²) in [6.45, 7) is 14.4. The number of hydrogen-bond acceptors (Lipinski definition) is 11. The van der Waals surface area contributed by atoms with Crippen LogP contribution in [0.2, 0.25) is 0 Å². The van der Waals surface area contributed by atoms with Crippen molar-refractivity contribution in [2.24, 2.45) is 0 Å². The van der Waals surface area contributed by atoms with E-state index in [9.17, 15) is 37.9 Å². The van der Waals surface area contributed by atoms with E-state index in [0.29, 0.717) is 16.7 Å². The summed E-state index contributed by atoms with van der Waals surface area (Å²) in [4.78, 5) is 59.9. The lowest BCUT2D eigenvalue weighted by molar-refractivity contribution is -0.115. The van der Waals surface area contributed by atoms with E-state index in [2.05, 4.69) is 15.9 Å². The molecule has 1 saturated heterocycles. The molecule has 0 radical (unpaired) electrons. The molecule has 4 aromatic rings. The zero-order chi connectivity index (χ0) is 44.4. The van der Waals surface area contributed by atoms with Crippen molar-refractivity contribution in [2.75, 3.05) is 13.2 Å². The first-order valence-corrected chi connectivity index (χ1v) is 20.9. The number of carbonyl (C=O) groups excluding carboxylic acids is 5. The summed E-state index contributed by atoms with van der Waals surface area (Å²) >= 11 is 4.09. The van der Waals surface area contributed by atoms with Crippen LogP contribution in [-0.4, -0.2) is 88.5 Å². The number of aliphatic hydroxyl groups excluding tert-OH is 1. The molecule has 14 heteroatoms. The van der Waals surface area contributed by atoms with E-state index in [-0.39, 0.29) is 25.1 Å². The van der Waals surface area contributed by atoms with Crippen LogP contribution in [0.4, 0.5) is 8.78 Å². The summed E-state index contributed by atoms with van der Waals surface area (Å²) in [6.07, 6.45) is -6.47. The molecule has 1 aliphatic rings. The second-order valence-corrected chi connectivity index (χ2v) is 17.6. The second kappa shape index (κ2) is 21.6. The van der Waals surface area contributed by atoms with Crippen LogP contribution in [0.15, 0.2) is 72.8 Å². The largest absolute Gasteiger partial charge is 0.461 e. The van der Waals surface area contributed by atoms with Crippen molar-refractivity contribution in [3.8, 4) is 0 Å². The Morgan fingerprint density at radius 2 is 1.02 bits per heavy atom. The van der Waals surface area contributed by atoms with Crippen LogP contribution in [0.3, 0.4) is 0 Å². The van der Waals surface area contributed by atoms with Gasteiger partial charge in [0, 0.05) is 0 Å². The summed E-state index contributed by atoms with van der Waals surface area (Å²) < 4.78 is 50.0. The minimum Gasteiger partial charge on any atom is -0.461 e. The lowest BCUT2D eigenvalue weighted by Crippen LogP contribution is -2.39. The third-order valence-electron chi connectivity index (χ3n) is 9.14. The molecule has 1 unspecified atom stereocenters. The number of aldehydes is 1. The number of hydrogen-bond donors (Lipinski definition) is 1. The third kappa shape index (κ3) is 13.5. The second-order valence-electron chi connectivity index (χ2n) is 15.0. The van der Waals surface area contributed by atoms with Crippen molar-refractivity contribution >= 4 is 57.9 Å². The van der Waals surface area contributed by atoms with Gasteiger partial charge < -0.3 is 24.1 Å². The molecule has 0 saturated carbocycles. The number of ether oxygens (including phenoxy) is 4. The molecular formula is C46H49BrF2O10S. The van der Waals surface area contributed by atoms with Gasteiger partial charge in [0.25, 0.3) is 0 Å². The van der Waals surface area contributed by atoms with Crippen molar-refractivity contribution in [1.82, 2.24) is 0 Å². The Balaban J connectivity index is 0.000000265. The quantitative estimate of drug-likeness (QED) is 0.0596. The van der Waals surface area contributed by atoms with Crippen molar-refractivity contribution in [2.45, 2.75) is 95.5 Å². The predicted molar refractivity (Wildman–Crippen MR) is 229 cm³/mol. The number of thioether (sulfide) groups is 1. The molecule has 4 aromatic carbocycles. The SMILES string of the molecule is Cc1cc(C)cc(C(=O)OC[C@H](Br)[C@@H](OC(=O)c2cc(C)cc(C)c2)[C@H](F)C=O)c1.Cc1cc(C)cc(C(=O)OC[C@H]2SC(O)[C@@H](F)[C@@H]2OC(=O)c2cc(C)cc(C)c2)c1. The standard InChI is InChI=1S/C23H24BrFO5.C23H25FO5S/c1-13-5-14(2)8-17(7-13)22(27)29-12-19(24)21(20(25)11-26)30-23(28)18-9-15(3)6-16(4)10-18;1-12-5-13(2)8-16(7-12)21(25)28-11-18-20(19(24)23(27)30-18)29-22(26)17-9-14(3)6-15(4)10-17/h5-11,19-21H,12H2,1-4H3;5-10,18-20,23,27H,11H2,1-4H3/t19-,20+,21+;18-,19+,20-,23?/m01/s1. The number of halogens is 3. The van der Waals surface area contributed by atoms with E-state index in [4.69, 9.17) is 18.9 Å². The van der Waals surface area contributed by atoms with Crippen LogP contribution < -0.4 is 0 Å². The van der Waals surface area contributed by atoms with Gasteiger partial charge in [0.2, 0.25) is 0 Å². The highest BCUT2D eigenvalue weighted by Crippen LogP contribution is 2.37. The minimum absolute atomic E-state index is 0.0550. The fourth-order valence-electron chi connectivity index (χ4n) is 6.72. The van der Waals surface area contributed by atoms with Crippen LogP contribution in [-0.2, 0) is 23.7 Å². The molecule has 0 amide bonds. The number of benzene rings is 4. The maximum Gasteiger partial charge on any atom is 0.338 e. The number of aliphatic hydroxyl groups is 1. The van der Waals surface area contributed by atoms with E-state index in [0.717, 1.165) is 56.3 Å². The molecule has 0 aliphatic carbocycles. The van der Waals surface area contributed by atoms with Crippen LogP contribution in [0.5, 0.6) is 0 Å². The predicted octanol–water partition coefficient (Wildman–Crippen LogP) is 8.68. The third-order valence-corrected chi connectivity index (χ3v) is 11.2. The highest BCUT2D eigenvalue weighted by atomic mass is 79.9. The average Bonchev–Trinajstić information content (AvgIpc) is 3.43. The number of carbonyl (C=O) groups is 5. The van der Waals surface area contributed by atoms with Gasteiger partial charge in [-0.2, -0.15) is 0 Å². The summed E-state index contributed by atoms with van der Waals surface area (Å²) in [6, 6.07) is 21.0. The van der Waals surface area contributed by atoms with Crippen LogP contribution in [0, 0.1) is 55.4 Å². The smallest absolute Gasteiger partial charge is 0.338 e. The average molecular weight is 912 g/mol. The Kier molecular flexibility index (Phi) is 17.2. The molecule has 5 rings (SSSR count). The van der Waals surface area contributed by atoms with Crippen molar-refractivity contribution in [3.05, 3.63) is 140 Å². The van der Waals surface area contributed by atoms with Gasteiger partial charge in [-0.1, -0.05) is 84.7 Å². The number of rotatable bonds is 13. The van der Waals surface area contributed by atoms with E-state index in [1.165, 1.54) is 0 Å². The monoisotopic (exact) mass is 910 g/mol. The molecule has 7 atom stereocenters. The number of alkyl halides is 3. The molecule has 0 bridgehead atoms. The van der Waals surface area contributed by atoms with Gasteiger partial charge in [-0.25, -0.2) is 28.0 Å². The summed E-state index contributed by atoms with van der Waals surface area (Å²) in [7, 11) is 0. The van der Waals surface area contributed by atoms with E-state index >= 15 is 0 Å². The zero-order valence-electron chi connectivity index (χ0n) is 34.6. The molecule has 10 nitrogen and oxygen atoms in total. The molecular weight excluding hydrogens is 862 g/mol. The zero-order valence-corrected chi connectivity index (χ0v) is 37.0. The lowest BCUT2D eigenvalue weighted by atomic mass is 10.1. The molecule has 1 fully saturated rings. The highest BCUT2D eigenvalue weighted by molar-refractivity contribution is 9.09. The Labute approximate surface area is 361 Å². The van der Waals surface area contributed by atoms with Gasteiger partial charge in [-0.15, -0.1) is 11.8 Å². The van der Waals surface area contributed by atoms with Gasteiger partial charge in [0.05, 0.1) is 32.3 Å². The molecule has 0 aromatic heterocycles. The Morgan fingerprint density at radius 3 is 1.42 bits per heavy atom. The Morgan fingerprint density at radius 1 is 0.650 bits per heavy atom. The first-order valence-electron chi connectivity index (χ1n) is 19.0. The first-order chi connectivity index (χ1) is 28.2. The summed E-state index contributed by atoms with van der Waals surface area (Å²) in [5, 5.41) is 9.21. The van der Waals surface area contributed by atoms with Gasteiger partial charge in [-0.05, 0) is 104 Å². The molecule has 1 aliphatic heterocycles. The maximum atomic E-state index is 14.5. The molecule has 0 spiro atoms. The van der Waals surface area contributed by atoms with Gasteiger partial charge in [-0.3, -0.25) is 4.79 Å². The minimum atomic E-state index is -2.08. The van der Waals surface area contributed by atoms with Gasteiger partial charge in [0.15, 0.2) is 30.8 Å². The molecule has 60 heavy (non-hydrogen) atoms. The van der Waals surface area contributed by atoms with Crippen LogP contribution >= 0.6 is 27.7 Å². The van der Waals surface area contributed by atoms with Crippen molar-refractivity contribution < 1.29 is 56.8 Å². The normalized spacial score (nSPS) is 18.5. The van der Waals surface area contributed by atoms with E-state index < -0.39 is 63.9 Å². The number of aryl methyl sites for hydroxylation is 8. The van der Waals surface area contributed by atoms with Crippen molar-refractivity contribution in [3.63, 3.8) is 0 Å². The maximum absolute atomic E-state index is 14.5. The van der Waals surface area contributed by atoms with E-state index in [1.807, 2.05) is 79.7 Å². The van der Waals surface area contributed by atoms with Crippen molar-refractivity contribution in [1.29, 1.82) is 0 Å². The van der Waals surface area contributed by atoms with Crippen LogP contribution in [0.1, 0.15) is 85.9 Å². The highest BCUT2D eigenvalue weighted by Gasteiger charge is 2.47. The molecule has 1 N–H and O–H groups in total. The fourth-order valence-corrected chi connectivity index (χ4v) is 8.42. The lowest BCUT2D eigenvalue weighted by Gasteiger charge is -2.23. The van der Waals surface area contributed by atoms with Gasteiger partial charge >= 0.3 is 23.9 Å². The van der Waals surface area contributed by atoms with E-state index in [1.54, 1.807) is 48.5 Å². The van der Waals surface area contributed by atoms with Gasteiger partial charge in [0.1, 0.15) is 18.6 Å². The summed E-state index contributed by atoms with van der Waals surface area (Å²) in [5.41, 5.74) is 7.12. The van der Waals surface area contributed by atoms with Crippen LogP contribution in [0.25, 0.3) is 0 Å².